The molecule has 0 aliphatic carbocycles. The quantitative estimate of drug-likeness (QED) is 0.789. The van der Waals surface area contributed by atoms with Crippen molar-refractivity contribution in [1.29, 1.82) is 0 Å². The minimum absolute atomic E-state index is 0.495. The van der Waals surface area contributed by atoms with Crippen LogP contribution in [0.5, 0.6) is 0 Å². The maximum absolute atomic E-state index is 12.5. The lowest BCUT2D eigenvalue weighted by Crippen LogP contribution is -2.04. The molecule has 0 bridgehead atoms. The van der Waals surface area contributed by atoms with E-state index in [4.69, 9.17) is 17.3 Å². The summed E-state index contributed by atoms with van der Waals surface area (Å²) in [4.78, 5) is 0. The van der Waals surface area contributed by atoms with E-state index in [0.717, 1.165) is 28.8 Å². The first kappa shape index (κ1) is 14.7. The van der Waals surface area contributed by atoms with Gasteiger partial charge >= 0.3 is 6.18 Å². The van der Waals surface area contributed by atoms with Crippen LogP contribution in [0.25, 0.3) is 0 Å². The van der Waals surface area contributed by atoms with Gasteiger partial charge in [0.2, 0.25) is 0 Å². The van der Waals surface area contributed by atoms with Crippen molar-refractivity contribution in [2.24, 2.45) is 0 Å². The summed E-state index contributed by atoms with van der Waals surface area (Å²) in [6.45, 7) is 1.87. The zero-order chi connectivity index (χ0) is 14.9. The molecule has 0 atom stereocenters. The summed E-state index contributed by atoms with van der Waals surface area (Å²) >= 11 is 5.94. The molecule has 2 rings (SSSR count). The van der Waals surface area contributed by atoms with Crippen LogP contribution in [0.1, 0.15) is 22.3 Å². The number of nitrogen functional groups attached to an aromatic ring is 1. The molecule has 0 radical (unpaired) electrons. The van der Waals surface area contributed by atoms with E-state index in [1.165, 1.54) is 12.1 Å². The van der Waals surface area contributed by atoms with Gasteiger partial charge in [0.05, 0.1) is 5.56 Å². The van der Waals surface area contributed by atoms with Crippen LogP contribution >= 0.6 is 11.6 Å². The molecule has 106 valence electrons. The fraction of sp³-hybridized carbons (Fsp3) is 0.200. The Morgan fingerprint density at radius 3 is 2.25 bits per heavy atom. The highest BCUT2D eigenvalue weighted by Crippen LogP contribution is 2.30. The summed E-state index contributed by atoms with van der Waals surface area (Å²) in [5, 5.41) is 0.523. The first-order chi connectivity index (χ1) is 9.27. The van der Waals surface area contributed by atoms with Gasteiger partial charge in [-0.25, -0.2) is 0 Å². The molecule has 1 nitrogen and oxygen atoms in total. The van der Waals surface area contributed by atoms with Crippen LogP contribution in [0.2, 0.25) is 5.02 Å². The average molecular weight is 300 g/mol. The molecule has 0 fully saturated rings. The molecule has 5 heteroatoms. The summed E-state index contributed by atoms with van der Waals surface area (Å²) in [6, 6.07) is 8.55. The molecule has 2 aromatic carbocycles. The van der Waals surface area contributed by atoms with Gasteiger partial charge in [0, 0.05) is 10.7 Å². The highest BCUT2D eigenvalue weighted by molar-refractivity contribution is 6.31. The first-order valence-electron chi connectivity index (χ1n) is 5.98. The van der Waals surface area contributed by atoms with Crippen molar-refractivity contribution in [3.05, 3.63) is 63.7 Å². The molecule has 0 saturated carbocycles. The van der Waals surface area contributed by atoms with Crippen LogP contribution in [-0.4, -0.2) is 0 Å². The lowest BCUT2D eigenvalue weighted by Gasteiger charge is -2.11. The number of benzene rings is 2. The number of hydrogen-bond donors (Lipinski definition) is 1. The van der Waals surface area contributed by atoms with Crippen LogP contribution in [0.4, 0.5) is 18.9 Å². The molecule has 20 heavy (non-hydrogen) atoms. The first-order valence-corrected chi connectivity index (χ1v) is 6.36. The Morgan fingerprint density at radius 1 is 1.10 bits per heavy atom. The van der Waals surface area contributed by atoms with Gasteiger partial charge in [-0.3, -0.25) is 0 Å². The molecule has 0 aromatic heterocycles. The van der Waals surface area contributed by atoms with Gasteiger partial charge < -0.3 is 5.73 Å². The number of halogens is 4. The van der Waals surface area contributed by atoms with Crippen LogP contribution < -0.4 is 5.73 Å². The smallest absolute Gasteiger partial charge is 0.398 e. The Kier molecular flexibility index (Phi) is 3.95. The lowest BCUT2D eigenvalue weighted by molar-refractivity contribution is -0.137. The van der Waals surface area contributed by atoms with Crippen molar-refractivity contribution >= 4 is 17.3 Å². The maximum Gasteiger partial charge on any atom is 0.416 e. The average Bonchev–Trinajstić information content (AvgIpc) is 2.35. The fourth-order valence-electron chi connectivity index (χ4n) is 1.97. The lowest BCUT2D eigenvalue weighted by atomic mass is 9.98. The van der Waals surface area contributed by atoms with Gasteiger partial charge in [0.1, 0.15) is 0 Å². The summed E-state index contributed by atoms with van der Waals surface area (Å²) in [7, 11) is 0. The van der Waals surface area contributed by atoms with E-state index in [9.17, 15) is 13.2 Å². The standard InChI is InChI=1S/C15H13ClF3N/c1-9-11(7-13(16)8-14(9)20)6-10-2-4-12(5-3-10)15(17,18)19/h2-5,7-8H,6,20H2,1H3. The second-order valence-corrected chi connectivity index (χ2v) is 5.09. The zero-order valence-electron chi connectivity index (χ0n) is 10.8. The van der Waals surface area contributed by atoms with Crippen molar-refractivity contribution in [2.75, 3.05) is 5.73 Å². The third-order valence-electron chi connectivity index (χ3n) is 3.20. The Morgan fingerprint density at radius 2 is 1.70 bits per heavy atom. The fourth-order valence-corrected chi connectivity index (χ4v) is 2.22. The topological polar surface area (TPSA) is 26.0 Å². The van der Waals surface area contributed by atoms with Crippen LogP contribution in [0, 0.1) is 6.92 Å². The van der Waals surface area contributed by atoms with Gasteiger partial charge in [0.25, 0.3) is 0 Å². The highest BCUT2D eigenvalue weighted by atomic mass is 35.5. The predicted octanol–water partition coefficient (Wildman–Crippen LogP) is 4.84. The molecule has 0 unspecified atom stereocenters. The number of nitrogens with two attached hydrogens (primary N) is 1. The Labute approximate surface area is 120 Å². The van der Waals surface area contributed by atoms with Gasteiger partial charge in [-0.1, -0.05) is 23.7 Å². The predicted molar refractivity (Wildman–Crippen MR) is 74.9 cm³/mol. The Hall–Kier alpha value is -1.68. The second kappa shape index (κ2) is 5.37. The largest absolute Gasteiger partial charge is 0.416 e. The van der Waals surface area contributed by atoms with Crippen LogP contribution in [0.3, 0.4) is 0 Å². The molecule has 0 aliphatic rings. The van der Waals surface area contributed by atoms with Gasteiger partial charge in [-0.15, -0.1) is 0 Å². The van der Waals surface area contributed by atoms with E-state index >= 15 is 0 Å². The molecular weight excluding hydrogens is 287 g/mol. The third kappa shape index (κ3) is 3.25. The number of hydrogen-bond acceptors (Lipinski definition) is 1. The number of alkyl halides is 3. The molecule has 2 aromatic rings. The molecule has 0 amide bonds. The van der Waals surface area contributed by atoms with E-state index in [1.54, 1.807) is 12.1 Å². The Bertz CT molecular complexity index is 618. The maximum atomic E-state index is 12.5. The monoisotopic (exact) mass is 299 g/mol. The molecule has 0 saturated heterocycles. The number of rotatable bonds is 2. The highest BCUT2D eigenvalue weighted by Gasteiger charge is 2.29. The minimum Gasteiger partial charge on any atom is -0.398 e. The molecule has 0 aliphatic heterocycles. The second-order valence-electron chi connectivity index (χ2n) is 4.65. The summed E-state index contributed by atoms with van der Waals surface area (Å²) in [5.74, 6) is 0. The van der Waals surface area contributed by atoms with Gasteiger partial charge in [-0.05, 0) is 54.3 Å². The van der Waals surface area contributed by atoms with Gasteiger partial charge in [-0.2, -0.15) is 13.2 Å². The summed E-state index contributed by atoms with van der Waals surface area (Å²) < 4.78 is 37.4. The van der Waals surface area contributed by atoms with E-state index in [2.05, 4.69) is 0 Å². The van der Waals surface area contributed by atoms with Crippen molar-refractivity contribution in [3.8, 4) is 0 Å². The van der Waals surface area contributed by atoms with Crippen molar-refractivity contribution in [1.82, 2.24) is 0 Å². The molecular formula is C15H13ClF3N. The summed E-state index contributed by atoms with van der Waals surface area (Å²) in [5.41, 5.74) is 8.35. The van der Waals surface area contributed by atoms with E-state index < -0.39 is 11.7 Å². The molecule has 0 heterocycles. The van der Waals surface area contributed by atoms with Crippen molar-refractivity contribution < 1.29 is 13.2 Å². The van der Waals surface area contributed by atoms with E-state index in [0.29, 0.717) is 17.1 Å². The van der Waals surface area contributed by atoms with Gasteiger partial charge in [0.15, 0.2) is 0 Å². The molecule has 2 N–H and O–H groups in total. The van der Waals surface area contributed by atoms with Crippen LogP contribution in [-0.2, 0) is 12.6 Å². The SMILES string of the molecule is Cc1c(N)cc(Cl)cc1Cc1ccc(C(F)(F)F)cc1. The normalized spacial score (nSPS) is 11.7. The van der Waals surface area contributed by atoms with E-state index in [-0.39, 0.29) is 0 Å². The minimum atomic E-state index is -4.31. The zero-order valence-corrected chi connectivity index (χ0v) is 11.5. The summed E-state index contributed by atoms with van der Waals surface area (Å²) in [6.07, 6.45) is -3.82. The van der Waals surface area contributed by atoms with Crippen molar-refractivity contribution in [3.63, 3.8) is 0 Å². The third-order valence-corrected chi connectivity index (χ3v) is 3.41. The van der Waals surface area contributed by atoms with E-state index in [1.807, 2.05) is 6.92 Å². The van der Waals surface area contributed by atoms with Crippen molar-refractivity contribution in [2.45, 2.75) is 19.5 Å². The Balaban J connectivity index is 2.27. The number of anilines is 1. The van der Waals surface area contributed by atoms with Crippen LogP contribution in [0.15, 0.2) is 36.4 Å². The molecule has 0 spiro atoms.